The first-order valence-electron chi connectivity index (χ1n) is 2.17. The Morgan fingerprint density at radius 2 is 1.11 bits per heavy atom. The molecule has 0 bridgehead atoms. The first-order valence-corrected chi connectivity index (χ1v) is 3.68. The van der Waals surface area contributed by atoms with Crippen LogP contribution in [0.1, 0.15) is 13.8 Å². The summed E-state index contributed by atoms with van der Waals surface area (Å²) in [6.07, 6.45) is -0.167. The standard InChI is InChI=1S/C3H8O.CCl4/c1-3(2)4;2-1(3,4)5/h3-4H,1-2H3;. The Kier molecular flexibility index (Phi) is 8.33. The van der Waals surface area contributed by atoms with Gasteiger partial charge in [0.05, 0.1) is 0 Å². The Hall–Kier alpha value is 1.12. The molecule has 0 saturated carbocycles. The van der Waals surface area contributed by atoms with E-state index in [0.29, 0.717) is 0 Å². The van der Waals surface area contributed by atoms with E-state index < -0.39 is 3.25 Å². The molecule has 0 unspecified atom stereocenters. The Morgan fingerprint density at radius 1 is 1.11 bits per heavy atom. The molecule has 0 aromatic heterocycles. The molecule has 0 aromatic rings. The number of aliphatic hydroxyl groups excluding tert-OH is 1. The predicted octanol–water partition coefficient (Wildman–Crippen LogP) is 2.94. The van der Waals surface area contributed by atoms with Gasteiger partial charge in [0.15, 0.2) is 0 Å². The van der Waals surface area contributed by atoms with Crippen molar-refractivity contribution in [2.75, 3.05) is 0 Å². The third-order valence-electron chi connectivity index (χ3n) is 0. The van der Waals surface area contributed by atoms with Crippen LogP contribution in [0.4, 0.5) is 0 Å². The summed E-state index contributed by atoms with van der Waals surface area (Å²) in [5.74, 6) is 0. The topological polar surface area (TPSA) is 20.2 Å². The summed E-state index contributed by atoms with van der Waals surface area (Å²) in [5, 5.41) is 8.06. The zero-order chi connectivity index (χ0) is 8.08. The highest BCUT2D eigenvalue weighted by Crippen LogP contribution is 2.29. The minimum absolute atomic E-state index is 0.167. The van der Waals surface area contributed by atoms with Crippen molar-refractivity contribution in [2.24, 2.45) is 0 Å². The zero-order valence-electron chi connectivity index (χ0n) is 5.04. The first kappa shape index (κ1) is 12.8. The highest BCUT2D eigenvalue weighted by molar-refractivity contribution is 6.83. The normalized spacial score (nSPS) is 10.7. The van der Waals surface area contributed by atoms with Crippen LogP contribution < -0.4 is 0 Å². The van der Waals surface area contributed by atoms with Crippen LogP contribution in [0, 0.1) is 0 Å². The molecular weight excluding hydrogens is 206 g/mol. The fourth-order valence-corrected chi connectivity index (χ4v) is 0. The van der Waals surface area contributed by atoms with E-state index in [9.17, 15) is 0 Å². The summed E-state index contributed by atoms with van der Waals surface area (Å²) < 4.78 is -1.61. The van der Waals surface area contributed by atoms with Gasteiger partial charge in [0.1, 0.15) is 0 Å². The van der Waals surface area contributed by atoms with Crippen molar-refractivity contribution in [1.82, 2.24) is 0 Å². The number of alkyl halides is 4. The molecule has 1 N–H and O–H groups in total. The molecule has 1 nitrogen and oxygen atoms in total. The van der Waals surface area contributed by atoms with E-state index in [1.165, 1.54) is 0 Å². The average molecular weight is 214 g/mol. The molecule has 0 fully saturated rings. The molecule has 5 heteroatoms. The van der Waals surface area contributed by atoms with Gasteiger partial charge >= 0.3 is 0 Å². The fraction of sp³-hybridized carbons (Fsp3) is 1.00. The lowest BCUT2D eigenvalue weighted by atomic mass is 10.5. The summed E-state index contributed by atoms with van der Waals surface area (Å²) in [4.78, 5) is 0. The summed E-state index contributed by atoms with van der Waals surface area (Å²) in [5.41, 5.74) is 0. The summed E-state index contributed by atoms with van der Waals surface area (Å²) in [7, 11) is 0. The molecule has 0 radical (unpaired) electrons. The number of hydrogen-bond donors (Lipinski definition) is 1. The molecule has 0 amide bonds. The van der Waals surface area contributed by atoms with Crippen molar-refractivity contribution in [2.45, 2.75) is 23.2 Å². The quantitative estimate of drug-likeness (QED) is 0.614. The van der Waals surface area contributed by atoms with Crippen LogP contribution >= 0.6 is 46.4 Å². The highest BCUT2D eigenvalue weighted by Gasteiger charge is 2.11. The molecule has 0 aliphatic rings. The Balaban J connectivity index is 0. The van der Waals surface area contributed by atoms with E-state index in [2.05, 4.69) is 0 Å². The van der Waals surface area contributed by atoms with Crippen LogP contribution in [-0.4, -0.2) is 14.5 Å². The maximum atomic E-state index is 8.06. The van der Waals surface area contributed by atoms with Gasteiger partial charge in [-0.25, -0.2) is 0 Å². The van der Waals surface area contributed by atoms with Crippen molar-refractivity contribution in [3.63, 3.8) is 0 Å². The molecule has 0 rings (SSSR count). The number of aliphatic hydroxyl groups is 1. The molecule has 58 valence electrons. The van der Waals surface area contributed by atoms with Crippen molar-refractivity contribution in [3.05, 3.63) is 0 Å². The molecule has 0 aliphatic carbocycles. The third kappa shape index (κ3) is 369. The molecule has 0 spiro atoms. The van der Waals surface area contributed by atoms with E-state index in [1.807, 2.05) is 0 Å². The van der Waals surface area contributed by atoms with Gasteiger partial charge in [0.2, 0.25) is 0 Å². The largest absolute Gasteiger partial charge is 0.394 e. The maximum absolute atomic E-state index is 8.06. The Labute approximate surface area is 74.8 Å². The minimum Gasteiger partial charge on any atom is -0.394 e. The highest BCUT2D eigenvalue weighted by atomic mass is 35.6. The molecule has 0 atom stereocenters. The number of hydrogen-bond acceptors (Lipinski definition) is 1. The van der Waals surface area contributed by atoms with E-state index in [0.717, 1.165) is 0 Å². The van der Waals surface area contributed by atoms with Gasteiger partial charge in [-0.2, -0.15) is 0 Å². The first-order chi connectivity index (χ1) is 3.73. The number of rotatable bonds is 0. The van der Waals surface area contributed by atoms with Gasteiger partial charge in [0, 0.05) is 6.10 Å². The van der Waals surface area contributed by atoms with Gasteiger partial charge < -0.3 is 5.11 Å². The van der Waals surface area contributed by atoms with Crippen LogP contribution in [-0.2, 0) is 0 Å². The van der Waals surface area contributed by atoms with Gasteiger partial charge in [-0.1, -0.05) is 46.4 Å². The van der Waals surface area contributed by atoms with Crippen LogP contribution in [0.25, 0.3) is 0 Å². The predicted molar refractivity (Wildman–Crippen MR) is 43.5 cm³/mol. The summed E-state index contributed by atoms with van der Waals surface area (Å²) >= 11 is 19.3. The van der Waals surface area contributed by atoms with E-state index in [-0.39, 0.29) is 6.10 Å². The van der Waals surface area contributed by atoms with Crippen molar-refractivity contribution >= 4 is 46.4 Å². The van der Waals surface area contributed by atoms with Crippen LogP contribution in [0.15, 0.2) is 0 Å². The average Bonchev–Trinajstić information content (AvgIpc) is 1.19. The zero-order valence-corrected chi connectivity index (χ0v) is 8.06. The van der Waals surface area contributed by atoms with E-state index >= 15 is 0 Å². The summed E-state index contributed by atoms with van der Waals surface area (Å²) in [6.45, 7) is 3.44. The lowest BCUT2D eigenvalue weighted by Crippen LogP contribution is -1.85. The third-order valence-corrected chi connectivity index (χ3v) is 0. The van der Waals surface area contributed by atoms with E-state index in [1.54, 1.807) is 13.8 Å². The van der Waals surface area contributed by atoms with Crippen molar-refractivity contribution in [1.29, 1.82) is 0 Å². The number of halogens is 4. The van der Waals surface area contributed by atoms with Gasteiger partial charge in [-0.05, 0) is 13.8 Å². The van der Waals surface area contributed by atoms with E-state index in [4.69, 9.17) is 51.5 Å². The molecular formula is C4H8Cl4O. The maximum Gasteiger partial charge on any atom is 0.266 e. The summed E-state index contributed by atoms with van der Waals surface area (Å²) in [6, 6.07) is 0. The molecule has 0 saturated heterocycles. The molecule has 0 aromatic carbocycles. The van der Waals surface area contributed by atoms with Gasteiger partial charge in [0.25, 0.3) is 3.25 Å². The second-order valence-electron chi connectivity index (χ2n) is 1.52. The lowest BCUT2D eigenvalue weighted by Gasteiger charge is -1.91. The van der Waals surface area contributed by atoms with Crippen LogP contribution in [0.2, 0.25) is 0 Å². The SMILES string of the molecule is CC(C)O.ClC(Cl)(Cl)Cl. The van der Waals surface area contributed by atoms with Crippen molar-refractivity contribution in [3.8, 4) is 0 Å². The van der Waals surface area contributed by atoms with Gasteiger partial charge in [-0.3, -0.25) is 0 Å². The van der Waals surface area contributed by atoms with Gasteiger partial charge in [-0.15, -0.1) is 0 Å². The minimum atomic E-state index is -1.61. The molecule has 0 aliphatic heterocycles. The fourth-order valence-electron chi connectivity index (χ4n) is 0. The van der Waals surface area contributed by atoms with Crippen molar-refractivity contribution < 1.29 is 5.11 Å². The smallest absolute Gasteiger partial charge is 0.266 e. The Morgan fingerprint density at radius 3 is 1.11 bits per heavy atom. The van der Waals surface area contributed by atoms with Crippen LogP contribution in [0.5, 0.6) is 0 Å². The second kappa shape index (κ2) is 5.87. The van der Waals surface area contributed by atoms with Crippen LogP contribution in [0.3, 0.4) is 0 Å². The monoisotopic (exact) mass is 212 g/mol. The second-order valence-corrected chi connectivity index (χ2v) is 4.95. The Bertz CT molecular complexity index is 49.3. The molecule has 9 heavy (non-hydrogen) atoms. The lowest BCUT2D eigenvalue weighted by molar-refractivity contribution is 0.216. The molecule has 0 heterocycles.